The maximum atomic E-state index is 12.9. The Kier molecular flexibility index (Phi) is 6.66. The van der Waals surface area contributed by atoms with Gasteiger partial charge in [-0.05, 0) is 29.7 Å². The summed E-state index contributed by atoms with van der Waals surface area (Å²) in [7, 11) is -3.52. The molecule has 0 saturated carbocycles. The number of amides is 1. The van der Waals surface area contributed by atoms with Crippen molar-refractivity contribution in [2.45, 2.75) is 13.0 Å². The summed E-state index contributed by atoms with van der Waals surface area (Å²) in [6, 6.07) is 15.2. The van der Waals surface area contributed by atoms with Gasteiger partial charge in [-0.1, -0.05) is 42.5 Å². The lowest BCUT2D eigenvalue weighted by Gasteiger charge is -2.19. The number of hydrogen-bond donors (Lipinski definition) is 1. The summed E-state index contributed by atoms with van der Waals surface area (Å²) in [6.45, 7) is 0.255. The maximum Gasteiger partial charge on any atom is 0.235 e. The van der Waals surface area contributed by atoms with Gasteiger partial charge in [0.25, 0.3) is 0 Å². The van der Waals surface area contributed by atoms with Crippen LogP contribution in [0.3, 0.4) is 0 Å². The number of rotatable bonds is 8. The normalized spacial score (nSPS) is 11.5. The number of carbonyl (C=O) groups is 1. The Labute approximate surface area is 147 Å². The van der Waals surface area contributed by atoms with Gasteiger partial charge in [0.2, 0.25) is 15.9 Å². The van der Waals surface area contributed by atoms with Crippen LogP contribution in [0.5, 0.6) is 0 Å². The summed E-state index contributed by atoms with van der Waals surface area (Å²) < 4.78 is 37.8. The van der Waals surface area contributed by atoms with Crippen molar-refractivity contribution in [2.24, 2.45) is 0 Å². The van der Waals surface area contributed by atoms with Crippen LogP contribution in [-0.4, -0.2) is 38.0 Å². The molecule has 0 aliphatic heterocycles. The maximum absolute atomic E-state index is 12.9. The third-order valence-electron chi connectivity index (χ3n) is 3.68. The van der Waals surface area contributed by atoms with Crippen molar-refractivity contribution in [2.75, 3.05) is 19.3 Å². The third kappa shape index (κ3) is 6.64. The Bertz CT molecular complexity index is 793. The second-order valence-corrected chi connectivity index (χ2v) is 7.72. The molecule has 0 aliphatic rings. The molecule has 0 spiro atoms. The molecule has 134 valence electrons. The largest absolute Gasteiger partial charge is 0.351 e. The molecule has 5 nitrogen and oxygen atoms in total. The zero-order valence-electron chi connectivity index (χ0n) is 14.0. The number of sulfonamides is 1. The van der Waals surface area contributed by atoms with E-state index >= 15 is 0 Å². The molecule has 0 unspecified atom stereocenters. The highest BCUT2D eigenvalue weighted by molar-refractivity contribution is 7.88. The molecule has 0 saturated heterocycles. The molecule has 0 radical (unpaired) electrons. The van der Waals surface area contributed by atoms with Crippen molar-refractivity contribution in [3.8, 4) is 0 Å². The average molecular weight is 364 g/mol. The SMILES string of the molecule is CS(=O)(=O)N(CCc1ccc(F)cc1)CC(=O)NCc1ccccc1. The van der Waals surface area contributed by atoms with Gasteiger partial charge in [-0.15, -0.1) is 0 Å². The monoisotopic (exact) mass is 364 g/mol. The number of benzene rings is 2. The van der Waals surface area contributed by atoms with Crippen molar-refractivity contribution in [3.63, 3.8) is 0 Å². The quantitative estimate of drug-likeness (QED) is 0.779. The van der Waals surface area contributed by atoms with Crippen LogP contribution in [0.1, 0.15) is 11.1 Å². The minimum atomic E-state index is -3.52. The number of halogens is 1. The first-order valence-electron chi connectivity index (χ1n) is 7.85. The van der Waals surface area contributed by atoms with Gasteiger partial charge in [0.15, 0.2) is 0 Å². The van der Waals surface area contributed by atoms with Gasteiger partial charge >= 0.3 is 0 Å². The van der Waals surface area contributed by atoms with E-state index in [0.29, 0.717) is 13.0 Å². The van der Waals surface area contributed by atoms with Crippen molar-refractivity contribution < 1.29 is 17.6 Å². The first-order valence-corrected chi connectivity index (χ1v) is 9.69. The van der Waals surface area contributed by atoms with E-state index in [1.807, 2.05) is 30.3 Å². The number of nitrogens with one attached hydrogen (secondary N) is 1. The number of carbonyl (C=O) groups excluding carboxylic acids is 1. The molecule has 2 aromatic carbocycles. The van der Waals surface area contributed by atoms with Gasteiger partial charge < -0.3 is 5.32 Å². The van der Waals surface area contributed by atoms with Gasteiger partial charge in [0.05, 0.1) is 12.8 Å². The molecule has 0 fully saturated rings. The van der Waals surface area contributed by atoms with Crippen molar-refractivity contribution in [3.05, 3.63) is 71.5 Å². The van der Waals surface area contributed by atoms with Crippen LogP contribution in [0.25, 0.3) is 0 Å². The molecule has 0 heterocycles. The molecule has 0 atom stereocenters. The van der Waals surface area contributed by atoms with Crippen molar-refractivity contribution >= 4 is 15.9 Å². The lowest BCUT2D eigenvalue weighted by atomic mass is 10.1. The summed E-state index contributed by atoms with van der Waals surface area (Å²) in [5.41, 5.74) is 1.74. The van der Waals surface area contributed by atoms with E-state index in [9.17, 15) is 17.6 Å². The van der Waals surface area contributed by atoms with Gasteiger partial charge in [-0.25, -0.2) is 12.8 Å². The van der Waals surface area contributed by atoms with Gasteiger partial charge in [-0.3, -0.25) is 4.79 Å². The van der Waals surface area contributed by atoms with Crippen LogP contribution in [0.4, 0.5) is 4.39 Å². The second kappa shape index (κ2) is 8.73. The van der Waals surface area contributed by atoms with Crippen LogP contribution >= 0.6 is 0 Å². The number of hydrogen-bond acceptors (Lipinski definition) is 3. The molecule has 0 aliphatic carbocycles. The van der Waals surface area contributed by atoms with Gasteiger partial charge in [0.1, 0.15) is 5.82 Å². The molecular weight excluding hydrogens is 343 g/mol. The second-order valence-electron chi connectivity index (χ2n) is 5.74. The summed E-state index contributed by atoms with van der Waals surface area (Å²) in [5.74, 6) is -0.711. The van der Waals surface area contributed by atoms with Crippen molar-refractivity contribution in [1.29, 1.82) is 0 Å². The first-order chi connectivity index (χ1) is 11.8. The van der Waals surface area contributed by atoms with Gasteiger partial charge in [-0.2, -0.15) is 4.31 Å². The fourth-order valence-electron chi connectivity index (χ4n) is 2.28. The minimum absolute atomic E-state index is 0.156. The summed E-state index contributed by atoms with van der Waals surface area (Å²) >= 11 is 0. The molecule has 1 amide bonds. The molecule has 0 aromatic heterocycles. The molecule has 7 heteroatoms. The predicted octanol–water partition coefficient (Wildman–Crippen LogP) is 1.95. The van der Waals surface area contributed by atoms with Crippen LogP contribution in [0, 0.1) is 5.82 Å². The molecule has 2 rings (SSSR count). The van der Waals surface area contributed by atoms with E-state index in [-0.39, 0.29) is 24.8 Å². The molecule has 1 N–H and O–H groups in total. The summed E-state index contributed by atoms with van der Waals surface area (Å²) in [5, 5.41) is 2.71. The van der Waals surface area contributed by atoms with E-state index in [1.54, 1.807) is 12.1 Å². The zero-order chi connectivity index (χ0) is 18.3. The van der Waals surface area contributed by atoms with E-state index in [2.05, 4.69) is 5.32 Å². The van der Waals surface area contributed by atoms with Crippen LogP contribution in [-0.2, 0) is 27.8 Å². The molecular formula is C18H21FN2O3S. The lowest BCUT2D eigenvalue weighted by Crippen LogP contribution is -2.41. The van der Waals surface area contributed by atoms with E-state index in [4.69, 9.17) is 0 Å². The Balaban J connectivity index is 1.91. The predicted molar refractivity (Wildman–Crippen MR) is 94.8 cm³/mol. The average Bonchev–Trinajstić information content (AvgIpc) is 2.58. The number of nitrogens with zero attached hydrogens (tertiary/aromatic N) is 1. The standard InChI is InChI=1S/C18H21FN2O3S/c1-25(23,24)21(12-11-15-7-9-17(19)10-8-15)14-18(22)20-13-16-5-3-2-4-6-16/h2-10H,11-14H2,1H3,(H,20,22). The van der Waals surface area contributed by atoms with Crippen LogP contribution in [0.15, 0.2) is 54.6 Å². The van der Waals surface area contributed by atoms with E-state index < -0.39 is 10.0 Å². The Hall–Kier alpha value is -2.25. The molecule has 0 bridgehead atoms. The minimum Gasteiger partial charge on any atom is -0.351 e. The Morgan fingerprint density at radius 3 is 2.28 bits per heavy atom. The Morgan fingerprint density at radius 2 is 1.68 bits per heavy atom. The summed E-state index contributed by atoms with van der Waals surface area (Å²) in [6.07, 6.45) is 1.47. The topological polar surface area (TPSA) is 66.5 Å². The van der Waals surface area contributed by atoms with Gasteiger partial charge in [0, 0.05) is 13.1 Å². The molecule has 2 aromatic rings. The zero-order valence-corrected chi connectivity index (χ0v) is 14.8. The highest BCUT2D eigenvalue weighted by Gasteiger charge is 2.19. The third-order valence-corrected chi connectivity index (χ3v) is 4.93. The van der Waals surface area contributed by atoms with Crippen LogP contribution in [0.2, 0.25) is 0 Å². The van der Waals surface area contributed by atoms with E-state index in [1.165, 1.54) is 12.1 Å². The highest BCUT2D eigenvalue weighted by atomic mass is 32.2. The van der Waals surface area contributed by atoms with Crippen molar-refractivity contribution in [1.82, 2.24) is 9.62 Å². The Morgan fingerprint density at radius 1 is 1.04 bits per heavy atom. The highest BCUT2D eigenvalue weighted by Crippen LogP contribution is 2.07. The van der Waals surface area contributed by atoms with Crippen LogP contribution < -0.4 is 5.32 Å². The van der Waals surface area contributed by atoms with E-state index in [0.717, 1.165) is 21.7 Å². The first kappa shape index (κ1) is 19.1. The fourth-order valence-corrected chi connectivity index (χ4v) is 3.05. The smallest absolute Gasteiger partial charge is 0.235 e. The fraction of sp³-hybridized carbons (Fsp3) is 0.278. The lowest BCUT2D eigenvalue weighted by molar-refractivity contribution is -0.121. The summed E-state index contributed by atoms with van der Waals surface area (Å²) in [4.78, 5) is 12.1. The molecule has 25 heavy (non-hydrogen) atoms.